The summed E-state index contributed by atoms with van der Waals surface area (Å²) in [7, 11) is 0. The molecule has 1 aliphatic rings. The number of nitrogens with two attached hydrogens (primary N) is 1. The van der Waals surface area contributed by atoms with Gasteiger partial charge in [-0.3, -0.25) is 4.79 Å². The van der Waals surface area contributed by atoms with Crippen molar-refractivity contribution in [1.82, 2.24) is 4.90 Å². The van der Waals surface area contributed by atoms with Crippen molar-refractivity contribution in [2.45, 2.75) is 32.2 Å². The molecule has 0 heterocycles. The standard InChI is InChI=1S/C11H18N2O/c1-3-5-10(12)11(14)13(4-2)8-9-6-7-9/h1,9-10H,4-8,12H2,2H3. The van der Waals surface area contributed by atoms with E-state index < -0.39 is 6.04 Å². The molecule has 1 atom stereocenters. The van der Waals surface area contributed by atoms with Crippen LogP contribution in [0.1, 0.15) is 26.2 Å². The summed E-state index contributed by atoms with van der Waals surface area (Å²) in [5.41, 5.74) is 5.67. The van der Waals surface area contributed by atoms with E-state index in [1.165, 1.54) is 12.8 Å². The number of terminal acetylenes is 1. The Hall–Kier alpha value is -1.01. The third-order valence-corrected chi connectivity index (χ3v) is 2.52. The molecule has 0 bridgehead atoms. The van der Waals surface area contributed by atoms with Gasteiger partial charge in [0.2, 0.25) is 5.91 Å². The number of hydrogen-bond acceptors (Lipinski definition) is 2. The normalized spacial score (nSPS) is 17.2. The molecule has 0 radical (unpaired) electrons. The molecule has 14 heavy (non-hydrogen) atoms. The van der Waals surface area contributed by atoms with Gasteiger partial charge in [-0.1, -0.05) is 0 Å². The first kappa shape index (κ1) is 11.1. The third-order valence-electron chi connectivity index (χ3n) is 2.52. The summed E-state index contributed by atoms with van der Waals surface area (Å²) in [4.78, 5) is 13.6. The molecule has 1 fully saturated rings. The minimum absolute atomic E-state index is 0.00245. The largest absolute Gasteiger partial charge is 0.341 e. The molecule has 1 aliphatic carbocycles. The highest BCUT2D eigenvalue weighted by atomic mass is 16.2. The van der Waals surface area contributed by atoms with Gasteiger partial charge in [-0.25, -0.2) is 0 Å². The second kappa shape index (κ2) is 5.02. The number of rotatable bonds is 5. The maximum Gasteiger partial charge on any atom is 0.240 e. The third kappa shape index (κ3) is 3.04. The van der Waals surface area contributed by atoms with Crippen molar-refractivity contribution in [1.29, 1.82) is 0 Å². The summed E-state index contributed by atoms with van der Waals surface area (Å²) in [6.07, 6.45) is 7.94. The Morgan fingerprint density at radius 2 is 2.36 bits per heavy atom. The Bertz CT molecular complexity index is 240. The van der Waals surface area contributed by atoms with E-state index in [1.807, 2.05) is 11.8 Å². The fourth-order valence-corrected chi connectivity index (χ4v) is 1.44. The number of amides is 1. The van der Waals surface area contributed by atoms with Gasteiger partial charge in [0.15, 0.2) is 0 Å². The quantitative estimate of drug-likeness (QED) is 0.651. The summed E-state index contributed by atoms with van der Waals surface area (Å²) >= 11 is 0. The zero-order valence-corrected chi connectivity index (χ0v) is 8.70. The molecule has 2 N–H and O–H groups in total. The van der Waals surface area contributed by atoms with Gasteiger partial charge in [-0.2, -0.15) is 0 Å². The molecule has 0 aliphatic heterocycles. The minimum Gasteiger partial charge on any atom is -0.341 e. The lowest BCUT2D eigenvalue weighted by Gasteiger charge is -2.23. The molecule has 1 amide bonds. The van der Waals surface area contributed by atoms with E-state index >= 15 is 0 Å². The molecule has 1 saturated carbocycles. The molecule has 0 saturated heterocycles. The Kier molecular flexibility index (Phi) is 3.97. The first-order valence-electron chi connectivity index (χ1n) is 5.16. The maximum absolute atomic E-state index is 11.7. The average molecular weight is 194 g/mol. The van der Waals surface area contributed by atoms with E-state index in [0.717, 1.165) is 13.1 Å². The number of likely N-dealkylation sites (N-methyl/N-ethyl adjacent to an activating group) is 1. The van der Waals surface area contributed by atoms with Crippen LogP contribution in [0.15, 0.2) is 0 Å². The van der Waals surface area contributed by atoms with Crippen LogP contribution in [0.3, 0.4) is 0 Å². The summed E-state index contributed by atoms with van der Waals surface area (Å²) in [6, 6.07) is -0.515. The van der Waals surface area contributed by atoms with E-state index in [0.29, 0.717) is 12.3 Å². The Balaban J connectivity index is 2.41. The van der Waals surface area contributed by atoms with Crippen LogP contribution in [0.25, 0.3) is 0 Å². The fourth-order valence-electron chi connectivity index (χ4n) is 1.44. The van der Waals surface area contributed by atoms with Crippen LogP contribution in [-0.4, -0.2) is 29.9 Å². The number of carbonyl (C=O) groups is 1. The monoisotopic (exact) mass is 194 g/mol. The van der Waals surface area contributed by atoms with Crippen LogP contribution in [0.2, 0.25) is 0 Å². The van der Waals surface area contributed by atoms with Gasteiger partial charge < -0.3 is 10.6 Å². The van der Waals surface area contributed by atoms with Crippen molar-refractivity contribution in [3.63, 3.8) is 0 Å². The van der Waals surface area contributed by atoms with Crippen molar-refractivity contribution >= 4 is 5.91 Å². The Labute approximate surface area is 85.6 Å². The SMILES string of the molecule is C#CCC(N)C(=O)N(CC)CC1CC1. The van der Waals surface area contributed by atoms with Gasteiger partial charge >= 0.3 is 0 Å². The minimum atomic E-state index is -0.515. The lowest BCUT2D eigenvalue weighted by Crippen LogP contribution is -2.44. The predicted molar refractivity (Wildman–Crippen MR) is 56.4 cm³/mol. The molecule has 3 heteroatoms. The first-order chi connectivity index (χ1) is 6.69. The van der Waals surface area contributed by atoms with E-state index in [2.05, 4.69) is 5.92 Å². The molecular formula is C11H18N2O. The smallest absolute Gasteiger partial charge is 0.240 e. The van der Waals surface area contributed by atoms with Crippen LogP contribution in [0.5, 0.6) is 0 Å². The second-order valence-electron chi connectivity index (χ2n) is 3.83. The fraction of sp³-hybridized carbons (Fsp3) is 0.727. The van der Waals surface area contributed by atoms with Crippen molar-refractivity contribution in [2.24, 2.45) is 11.7 Å². The van der Waals surface area contributed by atoms with E-state index in [9.17, 15) is 4.79 Å². The summed E-state index contributed by atoms with van der Waals surface area (Å²) in [5, 5.41) is 0. The number of carbonyl (C=O) groups excluding carboxylic acids is 1. The summed E-state index contributed by atoms with van der Waals surface area (Å²) < 4.78 is 0. The van der Waals surface area contributed by atoms with Gasteiger partial charge in [-0.05, 0) is 25.7 Å². The average Bonchev–Trinajstić information content (AvgIpc) is 2.97. The molecule has 0 aromatic rings. The molecule has 0 spiro atoms. The Morgan fingerprint density at radius 3 is 2.79 bits per heavy atom. The van der Waals surface area contributed by atoms with Gasteiger partial charge in [0.25, 0.3) is 0 Å². The van der Waals surface area contributed by atoms with Gasteiger partial charge in [-0.15, -0.1) is 12.3 Å². The highest BCUT2D eigenvalue weighted by Crippen LogP contribution is 2.29. The number of nitrogens with zero attached hydrogens (tertiary/aromatic N) is 1. The molecule has 3 nitrogen and oxygen atoms in total. The first-order valence-corrected chi connectivity index (χ1v) is 5.16. The van der Waals surface area contributed by atoms with Crippen molar-refractivity contribution in [3.8, 4) is 12.3 Å². The van der Waals surface area contributed by atoms with Gasteiger partial charge in [0.1, 0.15) is 0 Å². The zero-order valence-electron chi connectivity index (χ0n) is 8.70. The highest BCUT2D eigenvalue weighted by Gasteiger charge is 2.27. The molecule has 1 rings (SSSR count). The number of hydrogen-bond donors (Lipinski definition) is 1. The molecule has 78 valence electrons. The molecule has 0 aromatic carbocycles. The summed E-state index contributed by atoms with van der Waals surface area (Å²) in [6.45, 7) is 3.56. The molecule has 1 unspecified atom stereocenters. The lowest BCUT2D eigenvalue weighted by atomic mass is 10.2. The van der Waals surface area contributed by atoms with Crippen LogP contribution < -0.4 is 5.73 Å². The van der Waals surface area contributed by atoms with Crippen LogP contribution in [-0.2, 0) is 4.79 Å². The van der Waals surface area contributed by atoms with Crippen LogP contribution in [0.4, 0.5) is 0 Å². The van der Waals surface area contributed by atoms with E-state index in [4.69, 9.17) is 12.2 Å². The highest BCUT2D eigenvalue weighted by molar-refractivity contribution is 5.82. The second-order valence-corrected chi connectivity index (χ2v) is 3.83. The van der Waals surface area contributed by atoms with Crippen LogP contribution in [0, 0.1) is 18.3 Å². The van der Waals surface area contributed by atoms with Crippen molar-refractivity contribution in [2.75, 3.05) is 13.1 Å². The zero-order chi connectivity index (χ0) is 10.6. The maximum atomic E-state index is 11.7. The predicted octanol–water partition coefficient (Wildman–Crippen LogP) is 0.595. The lowest BCUT2D eigenvalue weighted by molar-refractivity contribution is -0.132. The summed E-state index contributed by atoms with van der Waals surface area (Å²) in [5.74, 6) is 3.13. The van der Waals surface area contributed by atoms with Gasteiger partial charge in [0, 0.05) is 19.5 Å². The molecular weight excluding hydrogens is 176 g/mol. The Morgan fingerprint density at radius 1 is 1.71 bits per heavy atom. The van der Waals surface area contributed by atoms with Crippen LogP contribution >= 0.6 is 0 Å². The van der Waals surface area contributed by atoms with E-state index in [1.54, 1.807) is 0 Å². The van der Waals surface area contributed by atoms with Crippen molar-refractivity contribution < 1.29 is 4.79 Å². The van der Waals surface area contributed by atoms with E-state index in [-0.39, 0.29) is 5.91 Å². The topological polar surface area (TPSA) is 46.3 Å². The van der Waals surface area contributed by atoms with Gasteiger partial charge in [0.05, 0.1) is 6.04 Å². The molecule has 0 aromatic heterocycles. The van der Waals surface area contributed by atoms with Crippen molar-refractivity contribution in [3.05, 3.63) is 0 Å².